The summed E-state index contributed by atoms with van der Waals surface area (Å²) in [5, 5.41) is 6.74. The molecule has 0 fully saturated rings. The summed E-state index contributed by atoms with van der Waals surface area (Å²) >= 11 is 0. The fourth-order valence-corrected chi connectivity index (χ4v) is 3.09. The lowest BCUT2D eigenvalue weighted by molar-refractivity contribution is 0.252. The van der Waals surface area contributed by atoms with Gasteiger partial charge in [0.1, 0.15) is 5.75 Å². The van der Waals surface area contributed by atoms with Gasteiger partial charge >= 0.3 is 6.03 Å². The van der Waals surface area contributed by atoms with E-state index < -0.39 is 0 Å². The van der Waals surface area contributed by atoms with Gasteiger partial charge in [-0.05, 0) is 43.2 Å². The Hall–Kier alpha value is -3.35. The summed E-state index contributed by atoms with van der Waals surface area (Å²) in [5.41, 5.74) is 2.75. The van der Waals surface area contributed by atoms with Gasteiger partial charge in [0.15, 0.2) is 11.5 Å². The molecular formula is C21H25N3O4. The lowest BCUT2D eigenvalue weighted by Gasteiger charge is -2.11. The molecule has 1 heterocycles. The summed E-state index contributed by atoms with van der Waals surface area (Å²) in [6, 6.07) is 10.9. The van der Waals surface area contributed by atoms with Crippen LogP contribution in [-0.2, 0) is 6.42 Å². The highest BCUT2D eigenvalue weighted by molar-refractivity contribution is 5.90. The Morgan fingerprint density at radius 3 is 2.64 bits per heavy atom. The van der Waals surface area contributed by atoms with Crippen LogP contribution in [0.1, 0.15) is 12.5 Å². The Kier molecular flexibility index (Phi) is 6.26. The highest BCUT2D eigenvalue weighted by atomic mass is 16.5. The number of benzene rings is 2. The molecule has 0 spiro atoms. The summed E-state index contributed by atoms with van der Waals surface area (Å²) in [4.78, 5) is 15.5. The largest absolute Gasteiger partial charge is 0.493 e. The minimum Gasteiger partial charge on any atom is -0.493 e. The minimum atomic E-state index is -0.280. The Balaban J connectivity index is 1.59. The maximum Gasteiger partial charge on any atom is 0.319 e. The van der Waals surface area contributed by atoms with Crippen LogP contribution in [-0.4, -0.2) is 38.4 Å². The molecule has 0 unspecified atom stereocenters. The van der Waals surface area contributed by atoms with Crippen molar-refractivity contribution >= 4 is 22.6 Å². The maximum absolute atomic E-state index is 12.2. The Morgan fingerprint density at radius 1 is 1.07 bits per heavy atom. The molecule has 0 saturated heterocycles. The van der Waals surface area contributed by atoms with Crippen LogP contribution in [0, 0.1) is 0 Å². The first-order valence-electron chi connectivity index (χ1n) is 9.15. The molecule has 2 amide bonds. The molecule has 3 aromatic rings. The fourth-order valence-electron chi connectivity index (χ4n) is 3.09. The van der Waals surface area contributed by atoms with Crippen LogP contribution in [0.15, 0.2) is 42.6 Å². The lowest BCUT2D eigenvalue weighted by atomic mass is 10.1. The number of aromatic nitrogens is 1. The molecule has 7 nitrogen and oxygen atoms in total. The Labute approximate surface area is 164 Å². The lowest BCUT2D eigenvalue weighted by Crippen LogP contribution is -2.30. The van der Waals surface area contributed by atoms with Gasteiger partial charge < -0.3 is 29.8 Å². The topological polar surface area (TPSA) is 84.6 Å². The van der Waals surface area contributed by atoms with Crippen molar-refractivity contribution < 1.29 is 19.0 Å². The van der Waals surface area contributed by atoms with Gasteiger partial charge in [-0.3, -0.25) is 0 Å². The number of nitrogens with one attached hydrogen (secondary N) is 3. The van der Waals surface area contributed by atoms with E-state index in [0.717, 1.165) is 22.2 Å². The smallest absolute Gasteiger partial charge is 0.319 e. The van der Waals surface area contributed by atoms with E-state index >= 15 is 0 Å². The van der Waals surface area contributed by atoms with Crippen molar-refractivity contribution in [1.29, 1.82) is 0 Å². The molecule has 0 aliphatic carbocycles. The molecule has 0 radical (unpaired) electrons. The number of hydrogen-bond acceptors (Lipinski definition) is 4. The molecule has 7 heteroatoms. The van der Waals surface area contributed by atoms with Gasteiger partial charge in [-0.25, -0.2) is 4.79 Å². The molecule has 28 heavy (non-hydrogen) atoms. The number of carbonyl (C=O) groups is 1. The maximum atomic E-state index is 12.2. The zero-order valence-electron chi connectivity index (χ0n) is 16.3. The van der Waals surface area contributed by atoms with Crippen molar-refractivity contribution in [2.75, 3.05) is 32.7 Å². The normalized spacial score (nSPS) is 10.5. The first kappa shape index (κ1) is 19.4. The van der Waals surface area contributed by atoms with Crippen molar-refractivity contribution in [3.8, 4) is 17.2 Å². The van der Waals surface area contributed by atoms with Gasteiger partial charge in [-0.15, -0.1) is 0 Å². The van der Waals surface area contributed by atoms with Gasteiger partial charge in [0.05, 0.1) is 20.8 Å². The van der Waals surface area contributed by atoms with Crippen molar-refractivity contribution in [2.45, 2.75) is 13.3 Å². The summed E-state index contributed by atoms with van der Waals surface area (Å²) in [6.45, 7) is 3.06. The van der Waals surface area contributed by atoms with E-state index in [0.29, 0.717) is 36.8 Å². The van der Waals surface area contributed by atoms with Gasteiger partial charge in [0.2, 0.25) is 0 Å². The SMILES string of the molecule is CCOc1cccc2[nH]cc(CCNC(=O)Nc3ccc(OC)c(OC)c3)c12. The molecule has 148 valence electrons. The van der Waals surface area contributed by atoms with Crippen LogP contribution in [0.5, 0.6) is 17.2 Å². The number of carbonyl (C=O) groups excluding carboxylic acids is 1. The van der Waals surface area contributed by atoms with E-state index in [1.54, 1.807) is 32.4 Å². The van der Waals surface area contributed by atoms with Gasteiger partial charge in [0.25, 0.3) is 0 Å². The average Bonchev–Trinajstić information content (AvgIpc) is 3.12. The number of H-pyrrole nitrogens is 1. The minimum absolute atomic E-state index is 0.280. The van der Waals surface area contributed by atoms with E-state index in [2.05, 4.69) is 15.6 Å². The van der Waals surface area contributed by atoms with E-state index in [4.69, 9.17) is 14.2 Å². The highest BCUT2D eigenvalue weighted by Gasteiger charge is 2.11. The van der Waals surface area contributed by atoms with Crippen LogP contribution in [0.2, 0.25) is 0 Å². The van der Waals surface area contributed by atoms with Crippen LogP contribution in [0.4, 0.5) is 10.5 Å². The molecular weight excluding hydrogens is 358 g/mol. The zero-order chi connectivity index (χ0) is 19.9. The standard InChI is InChI=1S/C21H25N3O4/c1-4-28-18-7-5-6-16-20(18)14(13-23-16)10-11-22-21(25)24-15-8-9-17(26-2)19(12-15)27-3/h5-9,12-13,23H,4,10-11H2,1-3H3,(H2,22,24,25). The molecule has 1 aromatic heterocycles. The number of ether oxygens (including phenoxy) is 3. The zero-order valence-corrected chi connectivity index (χ0v) is 16.3. The Bertz CT molecular complexity index is 952. The van der Waals surface area contributed by atoms with Gasteiger partial charge in [-0.1, -0.05) is 6.07 Å². The molecule has 2 aromatic carbocycles. The van der Waals surface area contributed by atoms with E-state index in [-0.39, 0.29) is 6.03 Å². The highest BCUT2D eigenvalue weighted by Crippen LogP contribution is 2.30. The molecule has 3 rings (SSSR count). The average molecular weight is 383 g/mol. The second-order valence-electron chi connectivity index (χ2n) is 6.13. The second kappa shape index (κ2) is 9.03. The van der Waals surface area contributed by atoms with E-state index in [1.807, 2.05) is 31.3 Å². The third kappa shape index (κ3) is 4.31. The molecule has 3 N–H and O–H groups in total. The first-order valence-corrected chi connectivity index (χ1v) is 9.15. The van der Waals surface area contributed by atoms with Crippen molar-refractivity contribution in [3.63, 3.8) is 0 Å². The van der Waals surface area contributed by atoms with Crippen LogP contribution < -0.4 is 24.8 Å². The van der Waals surface area contributed by atoms with Crippen LogP contribution in [0.3, 0.4) is 0 Å². The van der Waals surface area contributed by atoms with E-state index in [1.165, 1.54) is 0 Å². The predicted octanol–water partition coefficient (Wildman–Crippen LogP) is 3.95. The second-order valence-corrected chi connectivity index (χ2v) is 6.13. The summed E-state index contributed by atoms with van der Waals surface area (Å²) in [5.74, 6) is 2.02. The number of anilines is 1. The molecule has 0 aliphatic rings. The van der Waals surface area contributed by atoms with E-state index in [9.17, 15) is 4.79 Å². The number of hydrogen-bond donors (Lipinski definition) is 3. The summed E-state index contributed by atoms with van der Waals surface area (Å²) in [7, 11) is 3.12. The van der Waals surface area contributed by atoms with Crippen LogP contribution >= 0.6 is 0 Å². The number of aromatic amines is 1. The fraction of sp³-hybridized carbons (Fsp3) is 0.286. The Morgan fingerprint density at radius 2 is 1.89 bits per heavy atom. The monoisotopic (exact) mass is 383 g/mol. The quantitative estimate of drug-likeness (QED) is 0.550. The summed E-state index contributed by atoms with van der Waals surface area (Å²) in [6.07, 6.45) is 2.64. The molecule has 0 aliphatic heterocycles. The molecule has 0 atom stereocenters. The molecule has 0 saturated carbocycles. The van der Waals surface area contributed by atoms with Crippen molar-refractivity contribution in [3.05, 3.63) is 48.2 Å². The summed E-state index contributed by atoms with van der Waals surface area (Å²) < 4.78 is 16.2. The first-order chi connectivity index (χ1) is 13.7. The number of methoxy groups -OCH3 is 2. The predicted molar refractivity (Wildman–Crippen MR) is 110 cm³/mol. The number of rotatable bonds is 8. The van der Waals surface area contributed by atoms with Gasteiger partial charge in [-0.2, -0.15) is 0 Å². The third-order valence-corrected chi connectivity index (χ3v) is 4.37. The number of amides is 2. The number of urea groups is 1. The number of fused-ring (bicyclic) bond motifs is 1. The van der Waals surface area contributed by atoms with Crippen LogP contribution in [0.25, 0.3) is 10.9 Å². The van der Waals surface area contributed by atoms with Crippen molar-refractivity contribution in [2.24, 2.45) is 0 Å². The van der Waals surface area contributed by atoms with Gasteiger partial charge in [0, 0.05) is 35.4 Å². The van der Waals surface area contributed by atoms with Crippen molar-refractivity contribution in [1.82, 2.24) is 10.3 Å². The molecule has 0 bridgehead atoms. The third-order valence-electron chi connectivity index (χ3n) is 4.37.